The van der Waals surface area contributed by atoms with Gasteiger partial charge in [0.15, 0.2) is 0 Å². The van der Waals surface area contributed by atoms with Gasteiger partial charge < -0.3 is 4.90 Å². The molecule has 0 fully saturated rings. The van der Waals surface area contributed by atoms with Gasteiger partial charge in [-0.15, -0.1) is 0 Å². The second-order valence-electron chi connectivity index (χ2n) is 11.1. The van der Waals surface area contributed by atoms with Crippen molar-refractivity contribution >= 4 is 23.4 Å². The van der Waals surface area contributed by atoms with E-state index in [1.54, 1.807) is 31.2 Å². The Morgan fingerprint density at radius 1 is 0.833 bits per heavy atom. The lowest BCUT2D eigenvalue weighted by Gasteiger charge is -2.52. The summed E-state index contributed by atoms with van der Waals surface area (Å²) in [5, 5.41) is 0. The van der Waals surface area contributed by atoms with Gasteiger partial charge in [0.2, 0.25) is 0 Å². The highest BCUT2D eigenvalue weighted by Gasteiger charge is 2.50. The van der Waals surface area contributed by atoms with Crippen LogP contribution in [0.1, 0.15) is 77.1 Å². The Morgan fingerprint density at radius 2 is 1.39 bits per heavy atom. The minimum absolute atomic E-state index is 0.259. The quantitative estimate of drug-likeness (QED) is 0.445. The Labute approximate surface area is 212 Å². The first-order valence-electron chi connectivity index (χ1n) is 12.4. The van der Waals surface area contributed by atoms with Gasteiger partial charge in [0, 0.05) is 16.6 Å². The molecular formula is C31H32N2O3. The number of fused-ring (bicyclic) bond motifs is 2. The molecule has 184 valence electrons. The maximum atomic E-state index is 14.2. The normalized spacial score (nSPS) is 21.3. The number of carbonyl (C=O) groups is 3. The molecule has 36 heavy (non-hydrogen) atoms. The van der Waals surface area contributed by atoms with E-state index in [4.69, 9.17) is 0 Å². The molecule has 5 rings (SSSR count). The lowest BCUT2D eigenvalue weighted by molar-refractivity contribution is -0.123. The number of hydrogen-bond donors (Lipinski definition) is 0. The molecule has 3 amide bonds. The molecule has 5 nitrogen and oxygen atoms in total. The number of carbonyl (C=O) groups excluding carboxylic acids is 3. The first-order chi connectivity index (χ1) is 17.0. The lowest BCUT2D eigenvalue weighted by Crippen LogP contribution is -2.60. The maximum Gasteiger partial charge on any atom is 0.262 e. The molecule has 2 aliphatic heterocycles. The smallest absolute Gasteiger partial charge is 0.262 e. The van der Waals surface area contributed by atoms with Crippen molar-refractivity contribution in [1.82, 2.24) is 4.90 Å². The summed E-state index contributed by atoms with van der Waals surface area (Å²) in [6.45, 7) is 12.2. The van der Waals surface area contributed by atoms with Gasteiger partial charge in [0.05, 0.1) is 11.1 Å². The molecule has 2 heterocycles. The molecule has 0 saturated heterocycles. The van der Waals surface area contributed by atoms with Crippen molar-refractivity contribution < 1.29 is 14.4 Å². The number of hydrogen-bond acceptors (Lipinski definition) is 3. The van der Waals surface area contributed by atoms with Gasteiger partial charge in [-0.05, 0) is 70.4 Å². The van der Waals surface area contributed by atoms with Crippen LogP contribution in [0.2, 0.25) is 0 Å². The fourth-order valence-electron chi connectivity index (χ4n) is 6.11. The zero-order chi connectivity index (χ0) is 26.0. The third kappa shape index (κ3) is 3.48. The lowest BCUT2D eigenvalue weighted by atomic mass is 9.65. The minimum atomic E-state index is -0.936. The van der Waals surface area contributed by atoms with Crippen LogP contribution in [-0.2, 0) is 10.2 Å². The van der Waals surface area contributed by atoms with E-state index in [1.807, 2.05) is 17.0 Å². The van der Waals surface area contributed by atoms with E-state index in [-0.39, 0.29) is 11.3 Å². The summed E-state index contributed by atoms with van der Waals surface area (Å²) < 4.78 is 0. The minimum Gasteiger partial charge on any atom is -0.305 e. The summed E-state index contributed by atoms with van der Waals surface area (Å²) in [4.78, 5) is 43.4. The number of anilines is 1. The van der Waals surface area contributed by atoms with Crippen LogP contribution >= 0.6 is 0 Å². The summed E-state index contributed by atoms with van der Waals surface area (Å²) in [5.41, 5.74) is 5.25. The van der Waals surface area contributed by atoms with Gasteiger partial charge in [-0.3, -0.25) is 19.3 Å². The summed E-state index contributed by atoms with van der Waals surface area (Å²) >= 11 is 0. The summed E-state index contributed by atoms with van der Waals surface area (Å²) in [6, 6.07) is 20.6. The van der Waals surface area contributed by atoms with Gasteiger partial charge in [0.1, 0.15) is 6.04 Å². The van der Waals surface area contributed by atoms with Crippen LogP contribution in [0.5, 0.6) is 0 Å². The number of aryl methyl sites for hydroxylation is 2. The van der Waals surface area contributed by atoms with Gasteiger partial charge in [-0.25, -0.2) is 0 Å². The van der Waals surface area contributed by atoms with Crippen molar-refractivity contribution in [3.63, 3.8) is 0 Å². The number of amides is 3. The fraction of sp³-hybridized carbons (Fsp3) is 0.323. The van der Waals surface area contributed by atoms with Crippen LogP contribution < -0.4 is 4.90 Å². The molecule has 0 radical (unpaired) electrons. The Kier molecular flexibility index (Phi) is 5.43. The number of rotatable bonds is 3. The van der Waals surface area contributed by atoms with Crippen molar-refractivity contribution in [3.05, 3.63) is 100 Å². The SMILES string of the molecule is Cc1ccc(C2(C)CC(C)(C)N(C(=O)C(C)N3C(=O)c4ccccc4C3=O)c3ccc(C)cc32)cc1. The standard InChI is InChI=1S/C31H32N2O3/c1-19-11-14-22(15-12-19)31(6)18-30(4,5)33(26-16-13-20(2)17-25(26)31)27(34)21(3)32-28(35)23-9-7-8-10-24(23)29(32)36/h7-17,21H,18H2,1-6H3. The van der Waals surface area contributed by atoms with Gasteiger partial charge in [-0.1, -0.05) is 66.6 Å². The largest absolute Gasteiger partial charge is 0.305 e. The van der Waals surface area contributed by atoms with Crippen LogP contribution in [-0.4, -0.2) is 34.2 Å². The second kappa shape index (κ2) is 8.16. The molecule has 0 aromatic heterocycles. The van der Waals surface area contributed by atoms with Crippen molar-refractivity contribution in [1.29, 1.82) is 0 Å². The molecule has 0 spiro atoms. The third-order valence-corrected chi connectivity index (χ3v) is 7.86. The molecule has 3 aromatic carbocycles. The van der Waals surface area contributed by atoms with E-state index < -0.39 is 23.4 Å². The highest BCUT2D eigenvalue weighted by molar-refractivity contribution is 6.23. The van der Waals surface area contributed by atoms with Crippen LogP contribution in [0.15, 0.2) is 66.7 Å². The molecule has 0 aliphatic carbocycles. The van der Waals surface area contributed by atoms with Gasteiger partial charge >= 0.3 is 0 Å². The van der Waals surface area contributed by atoms with E-state index in [9.17, 15) is 14.4 Å². The number of imide groups is 1. The monoisotopic (exact) mass is 480 g/mol. The van der Waals surface area contributed by atoms with Gasteiger partial charge in [-0.2, -0.15) is 0 Å². The van der Waals surface area contributed by atoms with Crippen molar-refractivity contribution in [2.24, 2.45) is 0 Å². The second-order valence-corrected chi connectivity index (χ2v) is 11.1. The van der Waals surface area contributed by atoms with Crippen molar-refractivity contribution in [2.45, 2.75) is 65.0 Å². The summed E-state index contributed by atoms with van der Waals surface area (Å²) in [6.07, 6.45) is 0.695. The molecule has 5 heteroatoms. The summed E-state index contributed by atoms with van der Waals surface area (Å²) in [5.74, 6) is -1.09. The van der Waals surface area contributed by atoms with Crippen LogP contribution in [0.25, 0.3) is 0 Å². The van der Waals surface area contributed by atoms with E-state index in [0.717, 1.165) is 21.7 Å². The Hall–Kier alpha value is -3.73. The van der Waals surface area contributed by atoms with Crippen LogP contribution in [0.3, 0.4) is 0 Å². The highest BCUT2D eigenvalue weighted by Crippen LogP contribution is 2.51. The van der Waals surface area contributed by atoms with Crippen LogP contribution in [0.4, 0.5) is 5.69 Å². The molecule has 2 atom stereocenters. The van der Waals surface area contributed by atoms with Crippen LogP contribution in [0, 0.1) is 13.8 Å². The Balaban J connectivity index is 1.59. The Bertz CT molecular complexity index is 1370. The zero-order valence-corrected chi connectivity index (χ0v) is 21.8. The first kappa shape index (κ1) is 24.0. The molecular weight excluding hydrogens is 448 g/mol. The molecule has 2 unspecified atom stereocenters. The molecule has 0 saturated carbocycles. The highest BCUT2D eigenvalue weighted by atomic mass is 16.2. The zero-order valence-electron chi connectivity index (χ0n) is 21.8. The van der Waals surface area contributed by atoms with Crippen molar-refractivity contribution in [3.8, 4) is 0 Å². The molecule has 0 N–H and O–H groups in total. The van der Waals surface area contributed by atoms with E-state index in [1.165, 1.54) is 11.1 Å². The van der Waals surface area contributed by atoms with E-state index >= 15 is 0 Å². The molecule has 2 aliphatic rings. The van der Waals surface area contributed by atoms with Gasteiger partial charge in [0.25, 0.3) is 17.7 Å². The number of benzene rings is 3. The predicted octanol–water partition coefficient (Wildman–Crippen LogP) is 5.81. The summed E-state index contributed by atoms with van der Waals surface area (Å²) in [7, 11) is 0. The first-order valence-corrected chi connectivity index (χ1v) is 12.4. The molecule has 0 bridgehead atoms. The average molecular weight is 481 g/mol. The maximum absolute atomic E-state index is 14.2. The molecule has 3 aromatic rings. The van der Waals surface area contributed by atoms with E-state index in [2.05, 4.69) is 65.0 Å². The van der Waals surface area contributed by atoms with E-state index in [0.29, 0.717) is 17.5 Å². The third-order valence-electron chi connectivity index (χ3n) is 7.86. The topological polar surface area (TPSA) is 57.7 Å². The Morgan fingerprint density at radius 3 is 1.97 bits per heavy atom. The fourth-order valence-corrected chi connectivity index (χ4v) is 6.11. The predicted molar refractivity (Wildman–Crippen MR) is 141 cm³/mol. The number of nitrogens with zero attached hydrogens (tertiary/aromatic N) is 2. The van der Waals surface area contributed by atoms with Crippen molar-refractivity contribution in [2.75, 3.05) is 4.90 Å². The average Bonchev–Trinajstić information content (AvgIpc) is 3.09.